The van der Waals surface area contributed by atoms with Gasteiger partial charge in [0.05, 0.1) is 15.5 Å². The molecule has 0 radical (unpaired) electrons. The number of aryl methyl sites for hydroxylation is 3. The molecule has 0 saturated heterocycles. The van der Waals surface area contributed by atoms with Crippen LogP contribution in [0, 0.1) is 20.8 Å². The van der Waals surface area contributed by atoms with Gasteiger partial charge in [0.15, 0.2) is 0 Å². The third-order valence-corrected chi connectivity index (χ3v) is 4.45. The van der Waals surface area contributed by atoms with Gasteiger partial charge in [-0.3, -0.25) is 0 Å². The first-order chi connectivity index (χ1) is 8.06. The van der Waals surface area contributed by atoms with Crippen LogP contribution in [0.3, 0.4) is 0 Å². The predicted octanol–water partition coefficient (Wildman–Crippen LogP) is 4.75. The van der Waals surface area contributed by atoms with E-state index in [4.69, 9.17) is 0 Å². The second kappa shape index (κ2) is 5.32. The number of benzene rings is 1. The molecule has 0 aliphatic heterocycles. The van der Waals surface area contributed by atoms with Crippen molar-refractivity contribution in [3.05, 3.63) is 51.0 Å². The number of hydrogen-bond acceptors (Lipinski definition) is 2. The normalized spacial score (nSPS) is 12.7. The summed E-state index contributed by atoms with van der Waals surface area (Å²) in [6, 6.07) is 6.62. The molecule has 1 atom stereocenters. The van der Waals surface area contributed by atoms with Gasteiger partial charge in [-0.05, 0) is 38.3 Å². The lowest BCUT2D eigenvalue weighted by molar-refractivity contribution is 0.900. The molecule has 2 rings (SSSR count). The summed E-state index contributed by atoms with van der Waals surface area (Å²) in [6.45, 7) is 6.35. The highest BCUT2D eigenvalue weighted by Gasteiger charge is 2.12. The van der Waals surface area contributed by atoms with Gasteiger partial charge in [-0.1, -0.05) is 39.7 Å². The molecule has 3 heteroatoms. The van der Waals surface area contributed by atoms with E-state index in [1.807, 2.05) is 6.92 Å². The fourth-order valence-corrected chi connectivity index (χ4v) is 3.27. The Labute approximate surface area is 115 Å². The minimum atomic E-state index is 0.313. The summed E-state index contributed by atoms with van der Waals surface area (Å²) in [6.07, 6.45) is 0.997. The molecule has 0 bridgehead atoms. The summed E-state index contributed by atoms with van der Waals surface area (Å²) >= 11 is 5.45. The van der Waals surface area contributed by atoms with Gasteiger partial charge in [-0.15, -0.1) is 11.3 Å². The summed E-state index contributed by atoms with van der Waals surface area (Å²) in [4.78, 5) is 4.84. The lowest BCUT2D eigenvalue weighted by atomic mass is 10.0. The highest BCUT2D eigenvalue weighted by Crippen LogP contribution is 2.29. The van der Waals surface area contributed by atoms with E-state index in [0.29, 0.717) is 4.83 Å². The van der Waals surface area contributed by atoms with Crippen LogP contribution in [0.2, 0.25) is 0 Å². The Bertz CT molecular complexity index is 519. The van der Waals surface area contributed by atoms with Crippen molar-refractivity contribution >= 4 is 27.3 Å². The molecule has 0 amide bonds. The van der Waals surface area contributed by atoms with Gasteiger partial charge in [0.2, 0.25) is 0 Å². The van der Waals surface area contributed by atoms with Gasteiger partial charge in [0.25, 0.3) is 0 Å². The Kier molecular flexibility index (Phi) is 4.00. The number of rotatable bonds is 3. The molecule has 0 spiro atoms. The van der Waals surface area contributed by atoms with Crippen LogP contribution in [0.1, 0.15) is 32.2 Å². The van der Waals surface area contributed by atoms with Crippen molar-refractivity contribution < 1.29 is 0 Å². The molecule has 1 aromatic carbocycles. The molecule has 2 aromatic rings. The van der Waals surface area contributed by atoms with Crippen molar-refractivity contribution in [3.8, 4) is 0 Å². The van der Waals surface area contributed by atoms with E-state index in [1.54, 1.807) is 11.3 Å². The van der Waals surface area contributed by atoms with Crippen molar-refractivity contribution in [1.82, 2.24) is 4.98 Å². The first kappa shape index (κ1) is 12.8. The van der Waals surface area contributed by atoms with Gasteiger partial charge in [-0.2, -0.15) is 0 Å². The standard InChI is InChI=1S/C14H16BrNS/c1-9-4-5-10(2)12(6-9)7-13(15)14-8-17-11(3)16-14/h4-6,8,13H,7H2,1-3H3. The molecule has 0 fully saturated rings. The topological polar surface area (TPSA) is 12.9 Å². The second-order valence-corrected chi connectivity index (χ2v) is 6.56. The number of nitrogens with zero attached hydrogens (tertiary/aromatic N) is 1. The first-order valence-electron chi connectivity index (χ1n) is 5.68. The molecule has 0 N–H and O–H groups in total. The van der Waals surface area contributed by atoms with Crippen LogP contribution >= 0.6 is 27.3 Å². The molecule has 1 heterocycles. The van der Waals surface area contributed by atoms with Crippen LogP contribution in [-0.4, -0.2) is 4.98 Å². The smallest absolute Gasteiger partial charge is 0.0897 e. The van der Waals surface area contributed by atoms with Crippen LogP contribution in [0.15, 0.2) is 23.6 Å². The van der Waals surface area contributed by atoms with E-state index < -0.39 is 0 Å². The van der Waals surface area contributed by atoms with E-state index in [1.165, 1.54) is 16.7 Å². The molecular formula is C14H16BrNS. The highest BCUT2D eigenvalue weighted by atomic mass is 79.9. The molecule has 1 unspecified atom stereocenters. The van der Waals surface area contributed by atoms with Crippen LogP contribution in [-0.2, 0) is 6.42 Å². The van der Waals surface area contributed by atoms with Gasteiger partial charge >= 0.3 is 0 Å². The molecule has 1 nitrogen and oxygen atoms in total. The number of hydrogen-bond donors (Lipinski definition) is 0. The number of thiazole rings is 1. The largest absolute Gasteiger partial charge is 0.245 e. The lowest BCUT2D eigenvalue weighted by Crippen LogP contribution is -1.98. The van der Waals surface area contributed by atoms with E-state index in [9.17, 15) is 0 Å². The summed E-state index contributed by atoms with van der Waals surface area (Å²) in [5.74, 6) is 0. The minimum absolute atomic E-state index is 0.313. The second-order valence-electron chi connectivity index (χ2n) is 4.39. The summed E-state index contributed by atoms with van der Waals surface area (Å²) in [5, 5.41) is 3.27. The van der Waals surface area contributed by atoms with Crippen LogP contribution in [0.4, 0.5) is 0 Å². The maximum Gasteiger partial charge on any atom is 0.0897 e. The monoisotopic (exact) mass is 309 g/mol. The molecule has 0 aliphatic rings. The Morgan fingerprint density at radius 2 is 2.06 bits per heavy atom. The molecule has 17 heavy (non-hydrogen) atoms. The Morgan fingerprint density at radius 1 is 1.29 bits per heavy atom. The zero-order valence-electron chi connectivity index (χ0n) is 10.3. The molecule has 1 aromatic heterocycles. The Balaban J connectivity index is 2.18. The average Bonchev–Trinajstić information content (AvgIpc) is 2.70. The zero-order chi connectivity index (χ0) is 12.4. The number of aromatic nitrogens is 1. The van der Waals surface area contributed by atoms with Crippen LogP contribution in [0.5, 0.6) is 0 Å². The van der Waals surface area contributed by atoms with Crippen LogP contribution in [0.25, 0.3) is 0 Å². The zero-order valence-corrected chi connectivity index (χ0v) is 12.7. The van der Waals surface area contributed by atoms with Crippen LogP contribution < -0.4 is 0 Å². The van der Waals surface area contributed by atoms with E-state index in [0.717, 1.165) is 17.1 Å². The highest BCUT2D eigenvalue weighted by molar-refractivity contribution is 9.09. The third-order valence-electron chi connectivity index (χ3n) is 2.86. The van der Waals surface area contributed by atoms with Crippen molar-refractivity contribution in [2.24, 2.45) is 0 Å². The number of halogens is 1. The fourth-order valence-electron chi connectivity index (χ4n) is 1.84. The SMILES string of the molecule is Cc1ccc(C)c(CC(Br)c2csc(C)n2)c1. The summed E-state index contributed by atoms with van der Waals surface area (Å²) < 4.78 is 0. The van der Waals surface area contributed by atoms with Gasteiger partial charge in [0, 0.05) is 5.38 Å². The maximum absolute atomic E-state index is 4.53. The van der Waals surface area contributed by atoms with Crippen molar-refractivity contribution in [2.75, 3.05) is 0 Å². The lowest BCUT2D eigenvalue weighted by Gasteiger charge is -2.10. The quantitative estimate of drug-likeness (QED) is 0.746. The number of alkyl halides is 1. The summed E-state index contributed by atoms with van der Waals surface area (Å²) in [7, 11) is 0. The minimum Gasteiger partial charge on any atom is -0.245 e. The Hall–Kier alpha value is -0.670. The van der Waals surface area contributed by atoms with Gasteiger partial charge in [-0.25, -0.2) is 4.98 Å². The van der Waals surface area contributed by atoms with Gasteiger partial charge in [0.1, 0.15) is 0 Å². The molecule has 0 saturated carbocycles. The average molecular weight is 310 g/mol. The molecular weight excluding hydrogens is 294 g/mol. The van der Waals surface area contributed by atoms with E-state index in [-0.39, 0.29) is 0 Å². The summed E-state index contributed by atoms with van der Waals surface area (Å²) in [5.41, 5.74) is 5.22. The van der Waals surface area contributed by atoms with E-state index in [2.05, 4.69) is 58.3 Å². The third kappa shape index (κ3) is 3.17. The fraction of sp³-hybridized carbons (Fsp3) is 0.357. The molecule has 90 valence electrons. The predicted molar refractivity (Wildman–Crippen MR) is 78.1 cm³/mol. The Morgan fingerprint density at radius 3 is 2.71 bits per heavy atom. The van der Waals surface area contributed by atoms with E-state index >= 15 is 0 Å². The van der Waals surface area contributed by atoms with Gasteiger partial charge < -0.3 is 0 Å². The van der Waals surface area contributed by atoms with Crippen molar-refractivity contribution in [3.63, 3.8) is 0 Å². The van der Waals surface area contributed by atoms with Crippen molar-refractivity contribution in [1.29, 1.82) is 0 Å². The first-order valence-corrected chi connectivity index (χ1v) is 7.48. The molecule has 0 aliphatic carbocycles. The van der Waals surface area contributed by atoms with Crippen molar-refractivity contribution in [2.45, 2.75) is 32.0 Å². The maximum atomic E-state index is 4.53.